The lowest BCUT2D eigenvalue weighted by Crippen LogP contribution is -2.16. The Kier molecular flexibility index (Phi) is 2.26. The van der Waals surface area contributed by atoms with E-state index in [1.165, 1.54) is 0 Å². The first kappa shape index (κ1) is 7.06. The van der Waals surface area contributed by atoms with Gasteiger partial charge in [-0.25, -0.2) is 0 Å². The summed E-state index contributed by atoms with van der Waals surface area (Å²) in [5, 5.41) is 2.61. The van der Waals surface area contributed by atoms with E-state index in [0.717, 1.165) is 6.42 Å². The van der Waals surface area contributed by atoms with Crippen molar-refractivity contribution in [3.05, 3.63) is 24.4 Å². The maximum absolute atomic E-state index is 10.9. The summed E-state index contributed by atoms with van der Waals surface area (Å²) in [4.78, 5) is 10.9. The number of carbonyl (C=O) groups is 1. The predicted molar refractivity (Wildman–Crippen MR) is 40.2 cm³/mol. The van der Waals surface area contributed by atoms with Crippen molar-refractivity contribution < 1.29 is 4.79 Å². The predicted octanol–water partition coefficient (Wildman–Crippen LogP) is 1.21. The number of nitrogens with one attached hydrogen (secondary N) is 1. The van der Waals surface area contributed by atoms with E-state index in [2.05, 4.69) is 5.32 Å². The fraction of sp³-hybridized carbons (Fsp3) is 0.375. The van der Waals surface area contributed by atoms with Crippen LogP contribution < -0.4 is 5.32 Å². The summed E-state index contributed by atoms with van der Waals surface area (Å²) in [6.07, 6.45) is 8.44. The van der Waals surface area contributed by atoms with Gasteiger partial charge in [0.05, 0.1) is 5.92 Å². The molecule has 1 amide bonds. The van der Waals surface area contributed by atoms with Crippen molar-refractivity contribution in [3.63, 3.8) is 0 Å². The summed E-state index contributed by atoms with van der Waals surface area (Å²) in [6.45, 7) is 2.05. The van der Waals surface area contributed by atoms with Crippen LogP contribution in [0.2, 0.25) is 0 Å². The van der Waals surface area contributed by atoms with E-state index in [-0.39, 0.29) is 11.8 Å². The molecule has 0 bridgehead atoms. The Bertz CT molecular complexity index is 182. The molecule has 1 rings (SSSR count). The van der Waals surface area contributed by atoms with E-state index >= 15 is 0 Å². The normalized spacial score (nSPS) is 24.1. The fourth-order valence-corrected chi connectivity index (χ4v) is 0.852. The van der Waals surface area contributed by atoms with Crippen LogP contribution in [-0.4, -0.2) is 5.91 Å². The second-order valence-corrected chi connectivity index (χ2v) is 2.23. The number of hydrogen-bond acceptors (Lipinski definition) is 1. The van der Waals surface area contributed by atoms with Crippen LogP contribution >= 0.6 is 0 Å². The summed E-state index contributed by atoms with van der Waals surface area (Å²) in [5.74, 6) is 0.0460. The van der Waals surface area contributed by atoms with Gasteiger partial charge in [-0.1, -0.05) is 25.2 Å². The fourth-order valence-electron chi connectivity index (χ4n) is 0.852. The number of carbonyl (C=O) groups excluding carboxylic acids is 1. The minimum atomic E-state index is -0.0278. The molecule has 2 nitrogen and oxygen atoms in total. The third-order valence-corrected chi connectivity index (χ3v) is 1.41. The molecule has 0 spiro atoms. The summed E-state index contributed by atoms with van der Waals surface area (Å²) < 4.78 is 0. The summed E-state index contributed by atoms with van der Waals surface area (Å²) in [5.41, 5.74) is 0. The highest BCUT2D eigenvalue weighted by Crippen LogP contribution is 2.06. The van der Waals surface area contributed by atoms with Crippen LogP contribution in [0, 0.1) is 5.92 Å². The first-order valence-electron chi connectivity index (χ1n) is 3.48. The smallest absolute Gasteiger partial charge is 0.234 e. The second kappa shape index (κ2) is 3.20. The van der Waals surface area contributed by atoms with Gasteiger partial charge < -0.3 is 5.32 Å². The molecular formula is C8H11NO. The largest absolute Gasteiger partial charge is 0.332 e. The highest BCUT2D eigenvalue weighted by Gasteiger charge is 2.14. The molecule has 10 heavy (non-hydrogen) atoms. The van der Waals surface area contributed by atoms with E-state index in [0.29, 0.717) is 0 Å². The first-order chi connectivity index (χ1) is 4.84. The highest BCUT2D eigenvalue weighted by molar-refractivity contribution is 5.85. The van der Waals surface area contributed by atoms with Crippen LogP contribution in [0.4, 0.5) is 0 Å². The molecule has 1 atom stereocenters. The summed E-state index contributed by atoms with van der Waals surface area (Å²) >= 11 is 0. The zero-order valence-electron chi connectivity index (χ0n) is 6.00. The zero-order chi connectivity index (χ0) is 7.40. The first-order valence-corrected chi connectivity index (χ1v) is 3.48. The van der Waals surface area contributed by atoms with Gasteiger partial charge in [0.15, 0.2) is 0 Å². The third-order valence-electron chi connectivity index (χ3n) is 1.41. The van der Waals surface area contributed by atoms with E-state index in [1.54, 1.807) is 6.20 Å². The van der Waals surface area contributed by atoms with Gasteiger partial charge in [-0.15, -0.1) is 0 Å². The molecule has 0 aromatic rings. The quantitative estimate of drug-likeness (QED) is 0.569. The molecule has 0 saturated carbocycles. The van der Waals surface area contributed by atoms with Gasteiger partial charge in [-0.05, 0) is 6.42 Å². The van der Waals surface area contributed by atoms with E-state index < -0.39 is 0 Å². The monoisotopic (exact) mass is 137 g/mol. The van der Waals surface area contributed by atoms with Crippen molar-refractivity contribution in [1.82, 2.24) is 5.32 Å². The Balaban J connectivity index is 2.48. The number of allylic oxidation sites excluding steroid dienone is 1. The number of rotatable bonds is 2. The van der Waals surface area contributed by atoms with Crippen molar-refractivity contribution in [2.24, 2.45) is 5.92 Å². The molecule has 1 N–H and O–H groups in total. The lowest BCUT2D eigenvalue weighted by Gasteiger charge is -1.95. The number of hydrogen-bond donors (Lipinski definition) is 1. The van der Waals surface area contributed by atoms with Crippen molar-refractivity contribution >= 4 is 5.91 Å². The van der Waals surface area contributed by atoms with Crippen molar-refractivity contribution in [1.29, 1.82) is 0 Å². The maximum Gasteiger partial charge on any atom is 0.234 e. The second-order valence-electron chi connectivity index (χ2n) is 2.23. The molecule has 0 radical (unpaired) electrons. The van der Waals surface area contributed by atoms with Crippen LogP contribution in [0.3, 0.4) is 0 Å². The SMILES string of the molecule is CC/C=C/C1C=CNC1=O. The average Bonchev–Trinajstić information content (AvgIpc) is 2.31. The molecule has 2 heteroatoms. The molecule has 1 unspecified atom stereocenters. The molecule has 0 aromatic heterocycles. The maximum atomic E-state index is 10.9. The van der Waals surface area contributed by atoms with Crippen LogP contribution in [0.1, 0.15) is 13.3 Å². The molecule has 54 valence electrons. The van der Waals surface area contributed by atoms with Gasteiger partial charge in [0.2, 0.25) is 5.91 Å². The molecule has 0 fully saturated rings. The van der Waals surface area contributed by atoms with Crippen LogP contribution in [0.15, 0.2) is 24.4 Å². The van der Waals surface area contributed by atoms with E-state index in [9.17, 15) is 4.79 Å². The van der Waals surface area contributed by atoms with Gasteiger partial charge in [0.25, 0.3) is 0 Å². The minimum Gasteiger partial charge on any atom is -0.332 e. The number of amides is 1. The van der Waals surface area contributed by atoms with Crippen molar-refractivity contribution in [2.45, 2.75) is 13.3 Å². The molecule has 0 saturated heterocycles. The lowest BCUT2D eigenvalue weighted by atomic mass is 10.1. The standard InChI is InChI=1S/C8H11NO/c1-2-3-4-7-5-6-9-8(7)10/h3-7H,2H2,1H3,(H,9,10)/b4-3+. The van der Waals surface area contributed by atoms with Gasteiger partial charge in [-0.2, -0.15) is 0 Å². The van der Waals surface area contributed by atoms with Crippen LogP contribution in [0.25, 0.3) is 0 Å². The Labute approximate surface area is 60.6 Å². The Hall–Kier alpha value is -1.05. The van der Waals surface area contributed by atoms with Crippen LogP contribution in [0.5, 0.6) is 0 Å². The minimum absolute atomic E-state index is 0.0278. The zero-order valence-corrected chi connectivity index (χ0v) is 6.00. The topological polar surface area (TPSA) is 29.1 Å². The van der Waals surface area contributed by atoms with Gasteiger partial charge >= 0.3 is 0 Å². The molecule has 1 aliphatic rings. The van der Waals surface area contributed by atoms with Gasteiger partial charge in [0, 0.05) is 6.20 Å². The molecule has 0 aliphatic carbocycles. The molecule has 1 heterocycles. The molecular weight excluding hydrogens is 126 g/mol. The van der Waals surface area contributed by atoms with Crippen LogP contribution in [-0.2, 0) is 4.79 Å². The van der Waals surface area contributed by atoms with Crippen molar-refractivity contribution in [3.8, 4) is 0 Å². The van der Waals surface area contributed by atoms with E-state index in [1.807, 2.05) is 25.2 Å². The molecule has 0 aromatic carbocycles. The Morgan fingerprint density at radius 1 is 1.80 bits per heavy atom. The lowest BCUT2D eigenvalue weighted by molar-refractivity contribution is -0.120. The highest BCUT2D eigenvalue weighted by atomic mass is 16.1. The third kappa shape index (κ3) is 1.47. The Morgan fingerprint density at radius 2 is 2.60 bits per heavy atom. The summed E-state index contributed by atoms with van der Waals surface area (Å²) in [7, 11) is 0. The van der Waals surface area contributed by atoms with Crippen molar-refractivity contribution in [2.75, 3.05) is 0 Å². The van der Waals surface area contributed by atoms with Gasteiger partial charge in [-0.3, -0.25) is 4.79 Å². The average molecular weight is 137 g/mol. The summed E-state index contributed by atoms with van der Waals surface area (Å²) in [6, 6.07) is 0. The Morgan fingerprint density at radius 3 is 3.10 bits per heavy atom. The van der Waals surface area contributed by atoms with Gasteiger partial charge in [0.1, 0.15) is 0 Å². The molecule has 1 aliphatic heterocycles. The van der Waals surface area contributed by atoms with E-state index in [4.69, 9.17) is 0 Å².